The highest BCUT2D eigenvalue weighted by Crippen LogP contribution is 2.36. The van der Waals surface area contributed by atoms with Crippen molar-refractivity contribution in [3.05, 3.63) is 17.8 Å². The Morgan fingerprint density at radius 2 is 2.19 bits per heavy atom. The van der Waals surface area contributed by atoms with Crippen LogP contribution < -0.4 is 4.90 Å². The predicted molar refractivity (Wildman–Crippen MR) is 75.2 cm³/mol. The smallest absolute Gasteiger partial charge is 0.358 e. The second-order valence-corrected chi connectivity index (χ2v) is 5.11. The Morgan fingerprint density at radius 1 is 1.43 bits per heavy atom. The van der Waals surface area contributed by atoms with Crippen LogP contribution in [0.3, 0.4) is 0 Å². The molecular formula is C14H19N3O4. The van der Waals surface area contributed by atoms with Gasteiger partial charge in [-0.3, -0.25) is 0 Å². The molecule has 7 heteroatoms. The molecule has 0 amide bonds. The number of rotatable bonds is 5. The summed E-state index contributed by atoms with van der Waals surface area (Å²) in [7, 11) is 1.27. The van der Waals surface area contributed by atoms with Gasteiger partial charge in [0.2, 0.25) is 0 Å². The van der Waals surface area contributed by atoms with Crippen LogP contribution >= 0.6 is 0 Å². The van der Waals surface area contributed by atoms with Crippen molar-refractivity contribution in [1.29, 1.82) is 0 Å². The molecule has 114 valence electrons. The van der Waals surface area contributed by atoms with Crippen molar-refractivity contribution in [1.82, 2.24) is 10.2 Å². The number of carbonyl (C=O) groups is 2. The van der Waals surface area contributed by atoms with Crippen molar-refractivity contribution >= 4 is 17.8 Å². The molecule has 0 radical (unpaired) electrons. The van der Waals surface area contributed by atoms with Crippen molar-refractivity contribution < 1.29 is 19.4 Å². The molecule has 2 heterocycles. The van der Waals surface area contributed by atoms with Crippen molar-refractivity contribution in [3.63, 3.8) is 0 Å². The third kappa shape index (κ3) is 2.68. The normalized spacial score (nSPS) is 21.3. The molecule has 1 saturated heterocycles. The van der Waals surface area contributed by atoms with Gasteiger partial charge in [-0.05, 0) is 31.4 Å². The number of aliphatic carboxylic acids is 1. The number of carboxylic acids is 1. The lowest BCUT2D eigenvalue weighted by Crippen LogP contribution is -2.51. The second-order valence-electron chi connectivity index (χ2n) is 5.11. The summed E-state index contributed by atoms with van der Waals surface area (Å²) in [6.07, 6.45) is 2.72. The minimum Gasteiger partial charge on any atom is -0.479 e. The predicted octanol–water partition coefficient (Wildman–Crippen LogP) is 1.49. The van der Waals surface area contributed by atoms with Gasteiger partial charge in [0, 0.05) is 6.54 Å². The van der Waals surface area contributed by atoms with E-state index < -0.39 is 17.5 Å². The van der Waals surface area contributed by atoms with Gasteiger partial charge in [0.1, 0.15) is 5.54 Å². The Bertz CT molecular complexity index is 532. The second kappa shape index (κ2) is 6.07. The number of ether oxygens (including phenoxy) is 1. The summed E-state index contributed by atoms with van der Waals surface area (Å²) in [6, 6.07) is 3.13. The lowest BCUT2D eigenvalue weighted by atomic mass is 9.90. The van der Waals surface area contributed by atoms with Crippen LogP contribution in [0, 0.1) is 0 Å². The van der Waals surface area contributed by atoms with Gasteiger partial charge in [-0.2, -0.15) is 0 Å². The van der Waals surface area contributed by atoms with Crippen molar-refractivity contribution in [2.75, 3.05) is 18.6 Å². The Morgan fingerprint density at radius 3 is 2.71 bits per heavy atom. The van der Waals surface area contributed by atoms with E-state index in [0.717, 1.165) is 12.8 Å². The number of hydrogen-bond donors (Lipinski definition) is 1. The van der Waals surface area contributed by atoms with Crippen LogP contribution in [-0.2, 0) is 9.53 Å². The van der Waals surface area contributed by atoms with Crippen LogP contribution in [-0.4, -0.2) is 46.4 Å². The molecule has 1 fully saturated rings. The first-order chi connectivity index (χ1) is 10.0. The summed E-state index contributed by atoms with van der Waals surface area (Å²) in [4.78, 5) is 24.9. The summed E-state index contributed by atoms with van der Waals surface area (Å²) in [5.41, 5.74) is -0.812. The molecule has 1 unspecified atom stereocenters. The molecule has 1 aliphatic rings. The van der Waals surface area contributed by atoms with Crippen LogP contribution in [0.25, 0.3) is 0 Å². The molecule has 1 aromatic heterocycles. The van der Waals surface area contributed by atoms with Crippen LogP contribution in [0.15, 0.2) is 12.1 Å². The molecule has 1 atom stereocenters. The minimum atomic E-state index is -0.920. The van der Waals surface area contributed by atoms with Gasteiger partial charge in [-0.1, -0.05) is 13.3 Å². The molecule has 0 aliphatic carbocycles. The summed E-state index contributed by atoms with van der Waals surface area (Å²) in [5, 5.41) is 17.5. The Balaban J connectivity index is 2.31. The molecule has 0 bridgehead atoms. The monoisotopic (exact) mass is 293 g/mol. The van der Waals surface area contributed by atoms with E-state index in [1.54, 1.807) is 11.0 Å². The summed E-state index contributed by atoms with van der Waals surface area (Å²) in [5.74, 6) is -0.912. The fraction of sp³-hybridized carbons (Fsp3) is 0.571. The van der Waals surface area contributed by atoms with E-state index in [1.807, 2.05) is 6.92 Å². The Kier molecular flexibility index (Phi) is 4.40. The quantitative estimate of drug-likeness (QED) is 0.822. The van der Waals surface area contributed by atoms with E-state index in [0.29, 0.717) is 25.2 Å². The third-order valence-electron chi connectivity index (χ3n) is 3.87. The van der Waals surface area contributed by atoms with Crippen LogP contribution in [0.4, 0.5) is 5.82 Å². The molecule has 1 aliphatic heterocycles. The first kappa shape index (κ1) is 15.2. The molecule has 1 N–H and O–H groups in total. The van der Waals surface area contributed by atoms with E-state index >= 15 is 0 Å². The zero-order valence-corrected chi connectivity index (χ0v) is 12.2. The number of esters is 1. The number of nitrogens with zero attached hydrogens (tertiary/aromatic N) is 3. The summed E-state index contributed by atoms with van der Waals surface area (Å²) >= 11 is 0. The van der Waals surface area contributed by atoms with Gasteiger partial charge in [-0.25, -0.2) is 9.59 Å². The average molecular weight is 293 g/mol. The van der Waals surface area contributed by atoms with E-state index in [4.69, 9.17) is 0 Å². The third-order valence-corrected chi connectivity index (χ3v) is 3.87. The molecule has 0 aromatic carbocycles. The average Bonchev–Trinajstić information content (AvgIpc) is 2.92. The van der Waals surface area contributed by atoms with E-state index in [2.05, 4.69) is 14.9 Å². The molecule has 0 spiro atoms. The van der Waals surface area contributed by atoms with Gasteiger partial charge >= 0.3 is 11.9 Å². The van der Waals surface area contributed by atoms with Gasteiger partial charge in [-0.15, -0.1) is 10.2 Å². The molecule has 0 saturated carbocycles. The highest BCUT2D eigenvalue weighted by molar-refractivity contribution is 5.87. The summed E-state index contributed by atoms with van der Waals surface area (Å²) in [6.45, 7) is 2.59. The highest BCUT2D eigenvalue weighted by Gasteiger charge is 2.47. The van der Waals surface area contributed by atoms with Gasteiger partial charge < -0.3 is 14.7 Å². The van der Waals surface area contributed by atoms with E-state index in [-0.39, 0.29) is 5.69 Å². The molecule has 1 aromatic rings. The zero-order valence-electron chi connectivity index (χ0n) is 12.2. The van der Waals surface area contributed by atoms with Gasteiger partial charge in [0.25, 0.3) is 0 Å². The fourth-order valence-corrected chi connectivity index (χ4v) is 2.90. The number of aromatic nitrogens is 2. The minimum absolute atomic E-state index is 0.108. The summed E-state index contributed by atoms with van der Waals surface area (Å²) < 4.78 is 4.57. The molecule has 2 rings (SSSR count). The van der Waals surface area contributed by atoms with Crippen LogP contribution in [0.2, 0.25) is 0 Å². The SMILES string of the molecule is CCCC1(C(=O)O)CCCN1c1ccc(C(=O)OC)nn1. The molecular weight excluding hydrogens is 274 g/mol. The largest absolute Gasteiger partial charge is 0.479 e. The van der Waals surface area contributed by atoms with Gasteiger partial charge in [0.15, 0.2) is 11.5 Å². The first-order valence-corrected chi connectivity index (χ1v) is 6.98. The first-order valence-electron chi connectivity index (χ1n) is 6.98. The standard InChI is InChI=1S/C14H19N3O4/c1-3-7-14(13(19)20)8-4-9-17(14)11-6-5-10(15-16-11)12(18)21-2/h5-6H,3-4,7-9H2,1-2H3,(H,19,20). The maximum Gasteiger partial charge on any atom is 0.358 e. The fourth-order valence-electron chi connectivity index (χ4n) is 2.90. The van der Waals surface area contributed by atoms with E-state index in [1.165, 1.54) is 13.2 Å². The van der Waals surface area contributed by atoms with E-state index in [9.17, 15) is 14.7 Å². The lowest BCUT2D eigenvalue weighted by Gasteiger charge is -2.35. The Hall–Kier alpha value is -2.18. The number of hydrogen-bond acceptors (Lipinski definition) is 6. The molecule has 7 nitrogen and oxygen atoms in total. The Labute approximate surface area is 122 Å². The molecule has 21 heavy (non-hydrogen) atoms. The lowest BCUT2D eigenvalue weighted by molar-refractivity contribution is -0.143. The number of methoxy groups -OCH3 is 1. The van der Waals surface area contributed by atoms with Crippen molar-refractivity contribution in [3.8, 4) is 0 Å². The van der Waals surface area contributed by atoms with Crippen molar-refractivity contribution in [2.24, 2.45) is 0 Å². The number of anilines is 1. The highest BCUT2D eigenvalue weighted by atomic mass is 16.5. The number of carboxylic acid groups (broad SMARTS) is 1. The van der Waals surface area contributed by atoms with Crippen LogP contribution in [0.1, 0.15) is 43.1 Å². The van der Waals surface area contributed by atoms with Crippen LogP contribution in [0.5, 0.6) is 0 Å². The zero-order chi connectivity index (χ0) is 15.5. The maximum atomic E-state index is 11.8. The number of carbonyl (C=O) groups excluding carboxylic acids is 1. The van der Waals surface area contributed by atoms with Gasteiger partial charge in [0.05, 0.1) is 7.11 Å². The topological polar surface area (TPSA) is 92.6 Å². The van der Waals surface area contributed by atoms with Crippen molar-refractivity contribution in [2.45, 2.75) is 38.1 Å². The maximum absolute atomic E-state index is 11.8.